The van der Waals surface area contributed by atoms with Gasteiger partial charge in [-0.2, -0.15) is 0 Å². The van der Waals surface area contributed by atoms with Crippen LogP contribution in [0.5, 0.6) is 11.6 Å². The van der Waals surface area contributed by atoms with Crippen LogP contribution in [0.4, 0.5) is 11.5 Å². The molecule has 1 aliphatic rings. The van der Waals surface area contributed by atoms with Crippen LogP contribution in [0.25, 0.3) is 16.6 Å². The summed E-state index contributed by atoms with van der Waals surface area (Å²) in [6.45, 7) is 10.2. The van der Waals surface area contributed by atoms with E-state index in [-0.39, 0.29) is 0 Å². The number of aryl methyl sites for hydroxylation is 1. The zero-order valence-corrected chi connectivity index (χ0v) is 21.3. The first-order valence-corrected chi connectivity index (χ1v) is 12.0. The molecule has 0 bridgehead atoms. The standard InChI is InChI=1S/C26H26BN7O3/c1-16-10-18(7-9-21(16)35-23-12-22-33-31-15-34(22)14-30-23)32-24-19-11-17(6-8-20(19)28-13-29-24)27-36-25(2,3)26(4,5)37-27/h6-15H,1-5H3,(H,28,29,32). The fraction of sp³-hybridized carbons (Fsp3) is 0.269. The van der Waals surface area contributed by atoms with Crippen molar-refractivity contribution >= 4 is 40.6 Å². The van der Waals surface area contributed by atoms with E-state index in [1.54, 1.807) is 29.4 Å². The highest BCUT2D eigenvalue weighted by molar-refractivity contribution is 6.62. The van der Waals surface area contributed by atoms with Crippen LogP contribution in [-0.2, 0) is 9.31 Å². The minimum Gasteiger partial charge on any atom is -0.439 e. The maximum absolute atomic E-state index is 6.24. The maximum atomic E-state index is 6.24. The van der Waals surface area contributed by atoms with Crippen molar-refractivity contribution in [2.24, 2.45) is 0 Å². The Morgan fingerprint density at radius 3 is 2.51 bits per heavy atom. The van der Waals surface area contributed by atoms with Gasteiger partial charge in [0.25, 0.3) is 0 Å². The molecule has 2 aromatic carbocycles. The smallest absolute Gasteiger partial charge is 0.439 e. The zero-order chi connectivity index (χ0) is 25.8. The SMILES string of the molecule is Cc1cc(Nc2ncnc3ccc(B4OC(C)(C)C(C)(C)O4)cc23)ccc1Oc1cc2nncn2cn1. The highest BCUT2D eigenvalue weighted by atomic mass is 16.7. The van der Waals surface area contributed by atoms with E-state index < -0.39 is 18.3 Å². The molecule has 0 unspecified atom stereocenters. The Morgan fingerprint density at radius 1 is 0.919 bits per heavy atom. The van der Waals surface area contributed by atoms with Crippen LogP contribution in [0.3, 0.4) is 0 Å². The Bertz CT molecular complexity index is 1620. The first kappa shape index (κ1) is 23.3. The van der Waals surface area contributed by atoms with Gasteiger partial charge in [0, 0.05) is 17.1 Å². The van der Waals surface area contributed by atoms with E-state index >= 15 is 0 Å². The summed E-state index contributed by atoms with van der Waals surface area (Å²) in [7, 11) is -0.466. The molecule has 6 rings (SSSR count). The molecule has 186 valence electrons. The number of fused-ring (bicyclic) bond motifs is 2. The molecule has 0 spiro atoms. The monoisotopic (exact) mass is 495 g/mol. The molecule has 1 saturated heterocycles. The topological polar surface area (TPSA) is 109 Å². The Morgan fingerprint density at radius 2 is 1.73 bits per heavy atom. The second kappa shape index (κ2) is 8.50. The van der Waals surface area contributed by atoms with Crippen LogP contribution in [-0.4, -0.2) is 47.9 Å². The zero-order valence-electron chi connectivity index (χ0n) is 21.3. The number of nitrogens with zero attached hydrogens (tertiary/aromatic N) is 6. The Labute approximate surface area is 214 Å². The van der Waals surface area contributed by atoms with Crippen LogP contribution in [0.15, 0.2) is 61.4 Å². The Kier molecular flexibility index (Phi) is 5.36. The normalized spacial score (nSPS) is 16.4. The summed E-state index contributed by atoms with van der Waals surface area (Å²) < 4.78 is 20.2. The van der Waals surface area contributed by atoms with Crippen molar-refractivity contribution in [1.82, 2.24) is 29.5 Å². The summed E-state index contributed by atoms with van der Waals surface area (Å²) >= 11 is 0. The lowest BCUT2D eigenvalue weighted by Gasteiger charge is -2.32. The van der Waals surface area contributed by atoms with Crippen molar-refractivity contribution in [3.63, 3.8) is 0 Å². The number of nitrogens with one attached hydrogen (secondary N) is 1. The molecule has 5 aromatic rings. The van der Waals surface area contributed by atoms with Gasteiger partial charge in [0.05, 0.1) is 16.7 Å². The molecule has 1 aliphatic heterocycles. The summed E-state index contributed by atoms with van der Waals surface area (Å²) in [4.78, 5) is 13.3. The summed E-state index contributed by atoms with van der Waals surface area (Å²) in [5.41, 5.74) is 3.37. The first-order chi connectivity index (χ1) is 17.7. The Hall–Kier alpha value is -4.09. The van der Waals surface area contributed by atoms with Crippen molar-refractivity contribution < 1.29 is 14.0 Å². The average molecular weight is 495 g/mol. The third-order valence-electron chi connectivity index (χ3n) is 7.00. The van der Waals surface area contributed by atoms with Crippen molar-refractivity contribution in [2.45, 2.75) is 45.8 Å². The third-order valence-corrected chi connectivity index (χ3v) is 7.00. The van der Waals surface area contributed by atoms with Crippen LogP contribution in [0, 0.1) is 6.92 Å². The molecule has 4 heterocycles. The highest BCUT2D eigenvalue weighted by Crippen LogP contribution is 2.37. The number of rotatable bonds is 5. The lowest BCUT2D eigenvalue weighted by molar-refractivity contribution is 0.00578. The molecule has 1 N–H and O–H groups in total. The molecule has 11 heteroatoms. The molecule has 37 heavy (non-hydrogen) atoms. The molecule has 0 radical (unpaired) electrons. The molecule has 0 aliphatic carbocycles. The van der Waals surface area contributed by atoms with E-state index in [0.29, 0.717) is 23.1 Å². The highest BCUT2D eigenvalue weighted by Gasteiger charge is 2.51. The Balaban J connectivity index is 1.26. The predicted molar refractivity (Wildman–Crippen MR) is 141 cm³/mol. The van der Waals surface area contributed by atoms with Crippen molar-refractivity contribution in [3.8, 4) is 11.6 Å². The number of benzene rings is 2. The van der Waals surface area contributed by atoms with E-state index in [0.717, 1.165) is 27.6 Å². The maximum Gasteiger partial charge on any atom is 0.494 e. The van der Waals surface area contributed by atoms with Gasteiger partial charge in [-0.05, 0) is 76.0 Å². The van der Waals surface area contributed by atoms with Gasteiger partial charge < -0.3 is 19.4 Å². The number of anilines is 2. The van der Waals surface area contributed by atoms with Gasteiger partial charge in [-0.25, -0.2) is 15.0 Å². The molecule has 1 fully saturated rings. The molecule has 10 nitrogen and oxygen atoms in total. The minimum absolute atomic E-state index is 0.418. The van der Waals surface area contributed by atoms with Crippen LogP contribution >= 0.6 is 0 Å². The van der Waals surface area contributed by atoms with Gasteiger partial charge in [0.2, 0.25) is 5.88 Å². The van der Waals surface area contributed by atoms with E-state index in [4.69, 9.17) is 14.0 Å². The number of ether oxygens (including phenoxy) is 1. The van der Waals surface area contributed by atoms with Gasteiger partial charge in [-0.1, -0.05) is 6.07 Å². The molecule has 0 saturated carbocycles. The van der Waals surface area contributed by atoms with Crippen LogP contribution in [0.2, 0.25) is 0 Å². The number of aromatic nitrogens is 6. The van der Waals surface area contributed by atoms with Crippen LogP contribution < -0.4 is 15.5 Å². The second-order valence-electron chi connectivity index (χ2n) is 10.1. The van der Waals surface area contributed by atoms with Crippen molar-refractivity contribution in [1.29, 1.82) is 0 Å². The van der Waals surface area contributed by atoms with Crippen molar-refractivity contribution in [3.05, 3.63) is 67.0 Å². The van der Waals surface area contributed by atoms with Gasteiger partial charge in [-0.15, -0.1) is 10.2 Å². The quantitative estimate of drug-likeness (QED) is 0.359. The van der Waals surface area contributed by atoms with Gasteiger partial charge in [0.1, 0.15) is 30.5 Å². The summed E-state index contributed by atoms with van der Waals surface area (Å²) in [5.74, 6) is 1.83. The van der Waals surface area contributed by atoms with E-state index in [9.17, 15) is 0 Å². The van der Waals surface area contributed by atoms with E-state index in [2.05, 4.69) is 30.5 Å². The second-order valence-corrected chi connectivity index (χ2v) is 10.1. The molecular formula is C26H26BN7O3. The first-order valence-electron chi connectivity index (χ1n) is 12.0. The molecule has 0 atom stereocenters. The van der Waals surface area contributed by atoms with Gasteiger partial charge in [-0.3, -0.25) is 4.40 Å². The van der Waals surface area contributed by atoms with E-state index in [1.165, 1.54) is 0 Å². The van der Waals surface area contributed by atoms with Crippen LogP contribution in [0.1, 0.15) is 33.3 Å². The number of hydrogen-bond acceptors (Lipinski definition) is 9. The number of hydrogen-bond donors (Lipinski definition) is 1. The third kappa shape index (κ3) is 4.26. The lowest BCUT2D eigenvalue weighted by Crippen LogP contribution is -2.41. The summed E-state index contributed by atoms with van der Waals surface area (Å²) in [6.07, 6.45) is 4.76. The molecule has 3 aromatic heterocycles. The van der Waals surface area contributed by atoms with Gasteiger partial charge in [0.15, 0.2) is 5.65 Å². The summed E-state index contributed by atoms with van der Waals surface area (Å²) in [6, 6.07) is 13.5. The molecule has 0 amide bonds. The van der Waals surface area contributed by atoms with E-state index in [1.807, 2.05) is 71.0 Å². The fourth-order valence-corrected chi connectivity index (χ4v) is 4.16. The fourth-order valence-electron chi connectivity index (χ4n) is 4.16. The summed E-state index contributed by atoms with van der Waals surface area (Å²) in [5, 5.41) is 12.2. The predicted octanol–water partition coefficient (Wildman–Crippen LogP) is 4.21. The largest absolute Gasteiger partial charge is 0.494 e. The van der Waals surface area contributed by atoms with Crippen molar-refractivity contribution in [2.75, 3.05) is 5.32 Å². The molecular weight excluding hydrogens is 469 g/mol. The average Bonchev–Trinajstić information content (AvgIpc) is 3.41. The lowest BCUT2D eigenvalue weighted by atomic mass is 9.78. The van der Waals surface area contributed by atoms with Gasteiger partial charge >= 0.3 is 7.12 Å². The minimum atomic E-state index is -0.466.